The van der Waals surface area contributed by atoms with Crippen molar-refractivity contribution in [3.8, 4) is 0 Å². The van der Waals surface area contributed by atoms with Gasteiger partial charge in [0.25, 0.3) is 0 Å². The van der Waals surface area contributed by atoms with E-state index in [2.05, 4.69) is 22.2 Å². The van der Waals surface area contributed by atoms with Crippen LogP contribution >= 0.6 is 11.6 Å². The summed E-state index contributed by atoms with van der Waals surface area (Å²) in [6.07, 6.45) is 2.63. The van der Waals surface area contributed by atoms with Gasteiger partial charge in [-0.1, -0.05) is 55.3 Å². The van der Waals surface area contributed by atoms with E-state index in [0.29, 0.717) is 18.2 Å². The number of aliphatic hydroxyl groups excluding tert-OH is 1. The number of aromatic amines is 1. The van der Waals surface area contributed by atoms with Gasteiger partial charge in [-0.05, 0) is 12.0 Å². The molecule has 0 amide bonds. The molecule has 2 rings (SSSR count). The molecule has 1 atom stereocenters. The lowest BCUT2D eigenvalue weighted by atomic mass is 10.1. The van der Waals surface area contributed by atoms with Gasteiger partial charge in [0.15, 0.2) is 5.15 Å². The van der Waals surface area contributed by atoms with Crippen molar-refractivity contribution in [3.05, 3.63) is 52.6 Å². The summed E-state index contributed by atoms with van der Waals surface area (Å²) in [5, 5.41) is 13.8. The summed E-state index contributed by atoms with van der Waals surface area (Å²) in [5.41, 5.74) is 1.78. The molecule has 0 spiro atoms. The zero-order chi connectivity index (χ0) is 15.1. The fourth-order valence-electron chi connectivity index (χ4n) is 2.15. The van der Waals surface area contributed by atoms with Crippen LogP contribution in [0.5, 0.6) is 0 Å². The number of aromatic nitrogens is 2. The summed E-state index contributed by atoms with van der Waals surface area (Å²) in [6, 6.07) is 9.61. The van der Waals surface area contributed by atoms with Gasteiger partial charge in [-0.2, -0.15) is 0 Å². The number of hydrogen-bond acceptors (Lipinski definition) is 3. The van der Waals surface area contributed by atoms with E-state index in [1.165, 1.54) is 0 Å². The van der Waals surface area contributed by atoms with Gasteiger partial charge >= 0.3 is 0 Å². The maximum atomic E-state index is 10.1. The van der Waals surface area contributed by atoms with Crippen LogP contribution < -0.4 is 5.32 Å². The highest BCUT2D eigenvalue weighted by molar-refractivity contribution is 6.30. The fraction of sp³-hybridized carbons (Fsp3) is 0.438. The lowest BCUT2D eigenvalue weighted by Gasteiger charge is -2.11. The number of aliphatic hydroxyl groups is 1. The van der Waals surface area contributed by atoms with Gasteiger partial charge in [0.05, 0.1) is 11.8 Å². The lowest BCUT2D eigenvalue weighted by Crippen LogP contribution is -2.21. The number of H-pyrrole nitrogens is 1. The molecule has 0 radical (unpaired) electrons. The third-order valence-corrected chi connectivity index (χ3v) is 3.68. The number of rotatable bonds is 8. The SMILES string of the molecule is CCCCc1nc(Cl)c(CNCC(O)c2ccccc2)[nH]1. The van der Waals surface area contributed by atoms with Crippen LogP contribution in [0, 0.1) is 0 Å². The predicted octanol–water partition coefficient (Wildman–Crippen LogP) is 3.23. The van der Waals surface area contributed by atoms with E-state index in [4.69, 9.17) is 11.6 Å². The van der Waals surface area contributed by atoms with E-state index < -0.39 is 6.10 Å². The summed E-state index contributed by atoms with van der Waals surface area (Å²) in [4.78, 5) is 7.55. The second-order valence-electron chi connectivity index (χ2n) is 5.11. The number of unbranched alkanes of at least 4 members (excludes halogenated alkanes) is 1. The number of imidazole rings is 1. The first-order valence-corrected chi connectivity index (χ1v) is 7.75. The fourth-order valence-corrected chi connectivity index (χ4v) is 2.36. The van der Waals surface area contributed by atoms with E-state index in [1.54, 1.807) is 0 Å². The van der Waals surface area contributed by atoms with Crippen LogP contribution in [0.25, 0.3) is 0 Å². The zero-order valence-electron chi connectivity index (χ0n) is 12.3. The highest BCUT2D eigenvalue weighted by atomic mass is 35.5. The number of hydrogen-bond donors (Lipinski definition) is 3. The van der Waals surface area contributed by atoms with Crippen molar-refractivity contribution >= 4 is 11.6 Å². The molecular weight excluding hydrogens is 286 g/mol. The molecule has 0 saturated carbocycles. The normalized spacial score (nSPS) is 12.5. The van der Waals surface area contributed by atoms with Crippen molar-refractivity contribution in [2.45, 2.75) is 38.8 Å². The van der Waals surface area contributed by atoms with Crippen LogP contribution in [-0.4, -0.2) is 21.6 Å². The van der Waals surface area contributed by atoms with Gasteiger partial charge in [0.1, 0.15) is 5.82 Å². The smallest absolute Gasteiger partial charge is 0.151 e. The molecule has 0 bridgehead atoms. The number of nitrogens with zero attached hydrogens (tertiary/aromatic N) is 1. The number of nitrogens with one attached hydrogen (secondary N) is 2. The second-order valence-corrected chi connectivity index (χ2v) is 5.47. The molecule has 0 aliphatic rings. The molecule has 0 saturated heterocycles. The zero-order valence-corrected chi connectivity index (χ0v) is 13.0. The summed E-state index contributed by atoms with van der Waals surface area (Å²) < 4.78 is 0. The van der Waals surface area contributed by atoms with Crippen LogP contribution in [0.1, 0.15) is 43.0 Å². The van der Waals surface area contributed by atoms with E-state index >= 15 is 0 Å². The quantitative estimate of drug-likeness (QED) is 0.701. The van der Waals surface area contributed by atoms with Crippen LogP contribution in [-0.2, 0) is 13.0 Å². The molecule has 1 aromatic heterocycles. The van der Waals surface area contributed by atoms with E-state index in [0.717, 1.165) is 36.3 Å². The average molecular weight is 308 g/mol. The van der Waals surface area contributed by atoms with Crippen molar-refractivity contribution in [2.75, 3.05) is 6.54 Å². The Balaban J connectivity index is 1.82. The first kappa shape index (κ1) is 16.0. The molecule has 1 aromatic carbocycles. The minimum atomic E-state index is -0.521. The van der Waals surface area contributed by atoms with Crippen molar-refractivity contribution in [1.82, 2.24) is 15.3 Å². The van der Waals surface area contributed by atoms with Gasteiger partial charge in [0, 0.05) is 19.5 Å². The highest BCUT2D eigenvalue weighted by Gasteiger charge is 2.10. The van der Waals surface area contributed by atoms with Gasteiger partial charge in [-0.3, -0.25) is 0 Å². The number of halogens is 1. The average Bonchev–Trinajstić information content (AvgIpc) is 2.86. The first-order valence-electron chi connectivity index (χ1n) is 7.37. The van der Waals surface area contributed by atoms with E-state index in [-0.39, 0.29) is 0 Å². The van der Waals surface area contributed by atoms with Crippen molar-refractivity contribution < 1.29 is 5.11 Å². The number of benzene rings is 1. The molecule has 3 N–H and O–H groups in total. The molecule has 4 nitrogen and oxygen atoms in total. The maximum absolute atomic E-state index is 10.1. The molecular formula is C16H22ClN3O. The molecule has 0 aliphatic carbocycles. The van der Waals surface area contributed by atoms with Gasteiger partial charge in [-0.25, -0.2) is 4.98 Å². The molecule has 21 heavy (non-hydrogen) atoms. The molecule has 5 heteroatoms. The Morgan fingerprint density at radius 2 is 2.10 bits per heavy atom. The van der Waals surface area contributed by atoms with Crippen LogP contribution in [0.4, 0.5) is 0 Å². The predicted molar refractivity (Wildman–Crippen MR) is 85.3 cm³/mol. The molecule has 114 valence electrons. The summed E-state index contributed by atoms with van der Waals surface area (Å²) >= 11 is 6.11. The first-order chi connectivity index (χ1) is 10.2. The summed E-state index contributed by atoms with van der Waals surface area (Å²) in [5.74, 6) is 0.933. The number of aryl methyl sites for hydroxylation is 1. The minimum absolute atomic E-state index is 0.476. The van der Waals surface area contributed by atoms with Crippen molar-refractivity contribution in [3.63, 3.8) is 0 Å². The highest BCUT2D eigenvalue weighted by Crippen LogP contribution is 2.15. The minimum Gasteiger partial charge on any atom is -0.387 e. The van der Waals surface area contributed by atoms with Crippen molar-refractivity contribution in [2.24, 2.45) is 0 Å². The Hall–Kier alpha value is -1.36. The second kappa shape index (κ2) is 8.17. The largest absolute Gasteiger partial charge is 0.387 e. The Morgan fingerprint density at radius 1 is 1.33 bits per heavy atom. The Labute approximate surface area is 130 Å². The molecule has 1 unspecified atom stereocenters. The van der Waals surface area contributed by atoms with Gasteiger partial charge in [0.2, 0.25) is 0 Å². The van der Waals surface area contributed by atoms with E-state index in [9.17, 15) is 5.11 Å². The van der Waals surface area contributed by atoms with Crippen LogP contribution in [0.15, 0.2) is 30.3 Å². The topological polar surface area (TPSA) is 60.9 Å². The molecule has 0 aliphatic heterocycles. The Bertz CT molecular complexity index is 542. The maximum Gasteiger partial charge on any atom is 0.151 e. The summed E-state index contributed by atoms with van der Waals surface area (Å²) in [6.45, 7) is 3.20. The lowest BCUT2D eigenvalue weighted by molar-refractivity contribution is 0.174. The van der Waals surface area contributed by atoms with E-state index in [1.807, 2.05) is 30.3 Å². The van der Waals surface area contributed by atoms with Gasteiger partial charge in [-0.15, -0.1) is 0 Å². The van der Waals surface area contributed by atoms with Crippen molar-refractivity contribution in [1.29, 1.82) is 0 Å². The molecule has 1 heterocycles. The Morgan fingerprint density at radius 3 is 2.81 bits per heavy atom. The molecule has 0 fully saturated rings. The summed E-state index contributed by atoms with van der Waals surface area (Å²) in [7, 11) is 0. The Kier molecular flexibility index (Phi) is 6.23. The van der Waals surface area contributed by atoms with Crippen LogP contribution in [0.3, 0.4) is 0 Å². The third-order valence-electron chi connectivity index (χ3n) is 3.37. The molecule has 2 aromatic rings. The monoisotopic (exact) mass is 307 g/mol. The van der Waals surface area contributed by atoms with Gasteiger partial charge < -0.3 is 15.4 Å². The van der Waals surface area contributed by atoms with Crippen LogP contribution in [0.2, 0.25) is 5.15 Å². The standard InChI is InChI=1S/C16H22ClN3O/c1-2-3-9-15-19-13(16(17)20-15)10-18-11-14(21)12-7-5-4-6-8-12/h4-8,14,18,21H,2-3,9-11H2,1H3,(H,19,20). The third kappa shape index (κ3) is 4.84.